The molecule has 118 valence electrons. The maximum Gasteiger partial charge on any atom is 0.0998 e. The minimum atomic E-state index is 0.306. The zero-order valence-corrected chi connectivity index (χ0v) is 13.5. The van der Waals surface area contributed by atoms with Crippen molar-refractivity contribution in [2.24, 2.45) is 0 Å². The number of rotatable bonds is 2. The van der Waals surface area contributed by atoms with Gasteiger partial charge >= 0.3 is 0 Å². The lowest BCUT2D eigenvalue weighted by molar-refractivity contribution is 0.536. The standard InChI is InChI=1S/C21H19N3/c22-13-18-11-10-17(12-20(18)16-6-2-1-3-7-16)21-9-5-4-8-19-14-23-15-24(19)21/h1-3,6-7,10-12,14-15,21H,4-5,8-9H2. The number of imidazole rings is 1. The van der Waals surface area contributed by atoms with Crippen LogP contribution in [0, 0.1) is 11.3 Å². The highest BCUT2D eigenvalue weighted by molar-refractivity contribution is 5.71. The Bertz CT molecular complexity index is 887. The minimum absolute atomic E-state index is 0.306. The predicted octanol–water partition coefficient (Wildman–Crippen LogP) is 4.74. The van der Waals surface area contributed by atoms with Crippen molar-refractivity contribution in [2.45, 2.75) is 31.7 Å². The Morgan fingerprint density at radius 3 is 2.79 bits per heavy atom. The van der Waals surface area contributed by atoms with Crippen molar-refractivity contribution in [1.29, 1.82) is 5.26 Å². The number of benzene rings is 2. The molecule has 2 aromatic carbocycles. The molecule has 0 N–H and O–H groups in total. The van der Waals surface area contributed by atoms with Crippen LogP contribution in [0.5, 0.6) is 0 Å². The molecule has 1 atom stereocenters. The number of nitrogens with zero attached hydrogens (tertiary/aromatic N) is 3. The van der Waals surface area contributed by atoms with Crippen molar-refractivity contribution in [3.8, 4) is 17.2 Å². The number of aryl methyl sites for hydroxylation is 1. The van der Waals surface area contributed by atoms with Crippen LogP contribution >= 0.6 is 0 Å². The van der Waals surface area contributed by atoms with E-state index in [1.807, 2.05) is 36.8 Å². The number of hydrogen-bond donors (Lipinski definition) is 0. The van der Waals surface area contributed by atoms with Gasteiger partial charge in [0.15, 0.2) is 0 Å². The molecule has 0 saturated heterocycles. The molecular weight excluding hydrogens is 294 g/mol. The van der Waals surface area contributed by atoms with Gasteiger partial charge in [0.25, 0.3) is 0 Å². The van der Waals surface area contributed by atoms with Crippen LogP contribution in [0.4, 0.5) is 0 Å². The molecule has 1 unspecified atom stereocenters. The lowest BCUT2D eigenvalue weighted by atomic mass is 9.93. The summed E-state index contributed by atoms with van der Waals surface area (Å²) in [5.74, 6) is 0. The Hall–Kier alpha value is -2.86. The molecule has 0 amide bonds. The summed E-state index contributed by atoms with van der Waals surface area (Å²) < 4.78 is 2.31. The molecule has 0 saturated carbocycles. The third kappa shape index (κ3) is 2.61. The van der Waals surface area contributed by atoms with Gasteiger partial charge < -0.3 is 4.57 Å². The molecule has 0 spiro atoms. The van der Waals surface area contributed by atoms with Gasteiger partial charge in [-0.15, -0.1) is 0 Å². The molecule has 0 fully saturated rings. The van der Waals surface area contributed by atoms with Gasteiger partial charge in [-0.25, -0.2) is 4.98 Å². The lowest BCUT2D eigenvalue weighted by Gasteiger charge is -2.20. The van der Waals surface area contributed by atoms with Gasteiger partial charge in [-0.2, -0.15) is 5.26 Å². The van der Waals surface area contributed by atoms with Gasteiger partial charge in [0.2, 0.25) is 0 Å². The van der Waals surface area contributed by atoms with E-state index in [1.165, 1.54) is 24.1 Å². The van der Waals surface area contributed by atoms with E-state index >= 15 is 0 Å². The molecule has 3 heteroatoms. The smallest absolute Gasteiger partial charge is 0.0998 e. The second-order valence-corrected chi connectivity index (χ2v) is 6.34. The first-order valence-electron chi connectivity index (χ1n) is 8.47. The molecule has 1 aliphatic heterocycles. The minimum Gasteiger partial charge on any atom is -0.327 e. The molecule has 0 radical (unpaired) electrons. The van der Waals surface area contributed by atoms with Gasteiger partial charge in [0.1, 0.15) is 0 Å². The van der Waals surface area contributed by atoms with Crippen molar-refractivity contribution < 1.29 is 0 Å². The van der Waals surface area contributed by atoms with Gasteiger partial charge in [0.05, 0.1) is 24.0 Å². The number of nitriles is 1. The average Bonchev–Trinajstić information content (AvgIpc) is 3.01. The second kappa shape index (κ2) is 6.33. The van der Waals surface area contributed by atoms with Gasteiger partial charge in [-0.3, -0.25) is 0 Å². The Morgan fingerprint density at radius 2 is 1.96 bits per heavy atom. The maximum absolute atomic E-state index is 9.49. The van der Waals surface area contributed by atoms with E-state index in [0.717, 1.165) is 29.5 Å². The lowest BCUT2D eigenvalue weighted by Crippen LogP contribution is -2.10. The third-order valence-corrected chi connectivity index (χ3v) is 4.88. The summed E-state index contributed by atoms with van der Waals surface area (Å²) in [5, 5.41) is 9.49. The predicted molar refractivity (Wildman–Crippen MR) is 94.5 cm³/mol. The van der Waals surface area contributed by atoms with Crippen molar-refractivity contribution in [3.63, 3.8) is 0 Å². The first kappa shape index (κ1) is 14.7. The quantitative estimate of drug-likeness (QED) is 0.686. The van der Waals surface area contributed by atoms with E-state index in [0.29, 0.717) is 6.04 Å². The highest BCUT2D eigenvalue weighted by Crippen LogP contribution is 2.33. The van der Waals surface area contributed by atoms with E-state index in [9.17, 15) is 5.26 Å². The molecule has 3 aromatic rings. The van der Waals surface area contributed by atoms with E-state index < -0.39 is 0 Å². The van der Waals surface area contributed by atoms with Crippen LogP contribution in [0.2, 0.25) is 0 Å². The molecule has 2 heterocycles. The summed E-state index contributed by atoms with van der Waals surface area (Å²) >= 11 is 0. The zero-order chi connectivity index (χ0) is 16.4. The molecular formula is C21H19N3. The summed E-state index contributed by atoms with van der Waals surface area (Å²) in [6.07, 6.45) is 8.57. The molecule has 1 aromatic heterocycles. The van der Waals surface area contributed by atoms with Crippen LogP contribution in [-0.2, 0) is 6.42 Å². The second-order valence-electron chi connectivity index (χ2n) is 6.34. The van der Waals surface area contributed by atoms with Crippen molar-refractivity contribution in [3.05, 3.63) is 77.9 Å². The van der Waals surface area contributed by atoms with Crippen LogP contribution in [0.1, 0.15) is 42.1 Å². The monoisotopic (exact) mass is 313 g/mol. The molecule has 0 aliphatic carbocycles. The summed E-state index contributed by atoms with van der Waals surface area (Å²) in [7, 11) is 0. The fraction of sp³-hybridized carbons (Fsp3) is 0.238. The third-order valence-electron chi connectivity index (χ3n) is 4.88. The summed E-state index contributed by atoms with van der Waals surface area (Å²) in [6.45, 7) is 0. The van der Waals surface area contributed by atoms with E-state index in [4.69, 9.17) is 0 Å². The van der Waals surface area contributed by atoms with Crippen LogP contribution < -0.4 is 0 Å². The van der Waals surface area contributed by atoms with Crippen LogP contribution in [-0.4, -0.2) is 9.55 Å². The Balaban J connectivity index is 1.82. The number of hydrogen-bond acceptors (Lipinski definition) is 2. The molecule has 1 aliphatic rings. The van der Waals surface area contributed by atoms with E-state index in [1.54, 1.807) is 0 Å². The molecule has 24 heavy (non-hydrogen) atoms. The first-order valence-corrected chi connectivity index (χ1v) is 8.47. The fourth-order valence-corrected chi connectivity index (χ4v) is 3.64. The fourth-order valence-electron chi connectivity index (χ4n) is 3.64. The highest BCUT2D eigenvalue weighted by atomic mass is 15.1. The Labute approximate surface area is 142 Å². The van der Waals surface area contributed by atoms with E-state index in [2.05, 4.69) is 39.9 Å². The van der Waals surface area contributed by atoms with Gasteiger partial charge in [-0.05, 0) is 48.1 Å². The molecule has 4 rings (SSSR count). The maximum atomic E-state index is 9.49. The first-order chi connectivity index (χ1) is 11.9. The van der Waals surface area contributed by atoms with E-state index in [-0.39, 0.29) is 0 Å². The van der Waals surface area contributed by atoms with Crippen molar-refractivity contribution in [2.75, 3.05) is 0 Å². The average molecular weight is 313 g/mol. The number of aromatic nitrogens is 2. The topological polar surface area (TPSA) is 41.6 Å². The normalized spacial score (nSPS) is 16.9. The summed E-state index contributed by atoms with van der Waals surface area (Å²) in [6, 6.07) is 19.1. The Morgan fingerprint density at radius 1 is 1.08 bits per heavy atom. The van der Waals surface area contributed by atoms with Gasteiger partial charge in [0, 0.05) is 11.9 Å². The van der Waals surface area contributed by atoms with Gasteiger partial charge in [-0.1, -0.05) is 42.8 Å². The van der Waals surface area contributed by atoms with Crippen LogP contribution in [0.3, 0.4) is 0 Å². The molecule has 0 bridgehead atoms. The van der Waals surface area contributed by atoms with Crippen molar-refractivity contribution in [1.82, 2.24) is 9.55 Å². The molecule has 3 nitrogen and oxygen atoms in total. The zero-order valence-electron chi connectivity index (χ0n) is 13.5. The SMILES string of the molecule is N#Cc1ccc(C2CCCCc3cncn32)cc1-c1ccccc1. The highest BCUT2D eigenvalue weighted by Gasteiger charge is 2.20. The summed E-state index contributed by atoms with van der Waals surface area (Å²) in [4.78, 5) is 4.35. The van der Waals surface area contributed by atoms with Crippen molar-refractivity contribution >= 4 is 0 Å². The number of fused-ring (bicyclic) bond motifs is 1. The van der Waals surface area contributed by atoms with Crippen LogP contribution in [0.25, 0.3) is 11.1 Å². The van der Waals surface area contributed by atoms with Crippen LogP contribution in [0.15, 0.2) is 61.1 Å². The Kier molecular flexibility index (Phi) is 3.88. The largest absolute Gasteiger partial charge is 0.327 e. The summed E-state index contributed by atoms with van der Waals surface area (Å²) in [5.41, 5.74) is 5.40.